The Morgan fingerprint density at radius 3 is 2.28 bits per heavy atom. The highest BCUT2D eigenvalue weighted by atomic mass is 16.6. The molecule has 0 saturated carbocycles. The van der Waals surface area contributed by atoms with Gasteiger partial charge >= 0.3 is 12.2 Å². The fraction of sp³-hybridized carbons (Fsp3) is 0.556. The molecule has 2 aliphatic heterocycles. The summed E-state index contributed by atoms with van der Waals surface area (Å²) in [5.74, 6) is 0. The number of benzene rings is 1. The third-order valence-corrected chi connectivity index (χ3v) is 4.44. The van der Waals surface area contributed by atoms with E-state index in [9.17, 15) is 9.59 Å². The molecule has 0 aliphatic carbocycles. The summed E-state index contributed by atoms with van der Waals surface area (Å²) in [4.78, 5) is 27.5. The number of hydrogen-bond acceptors (Lipinski definition) is 5. The Balaban J connectivity index is 1.37. The first-order valence-electron chi connectivity index (χ1n) is 8.71. The van der Waals surface area contributed by atoms with Crippen molar-refractivity contribution in [2.45, 2.75) is 25.6 Å². The molecule has 25 heavy (non-hydrogen) atoms. The summed E-state index contributed by atoms with van der Waals surface area (Å²) in [6.07, 6.45) is 0.524. The number of morpholine rings is 1. The predicted octanol–water partition coefficient (Wildman–Crippen LogP) is 2.26. The van der Waals surface area contributed by atoms with E-state index in [4.69, 9.17) is 14.2 Å². The fourth-order valence-electron chi connectivity index (χ4n) is 2.93. The Bertz CT molecular complexity index is 566. The van der Waals surface area contributed by atoms with E-state index >= 15 is 0 Å². The summed E-state index contributed by atoms with van der Waals surface area (Å²) >= 11 is 0. The molecule has 2 amide bonds. The highest BCUT2D eigenvalue weighted by Crippen LogP contribution is 2.16. The molecule has 1 aromatic carbocycles. The summed E-state index contributed by atoms with van der Waals surface area (Å²) in [7, 11) is 0. The van der Waals surface area contributed by atoms with Gasteiger partial charge in [-0.2, -0.15) is 0 Å². The Labute approximate surface area is 147 Å². The molecule has 1 aromatic rings. The lowest BCUT2D eigenvalue weighted by Gasteiger charge is -2.33. The predicted molar refractivity (Wildman–Crippen MR) is 90.1 cm³/mol. The van der Waals surface area contributed by atoms with Crippen LogP contribution in [-0.4, -0.2) is 67.5 Å². The number of carbonyl (C=O) groups excluding carboxylic acids is 2. The molecular weight excluding hydrogens is 324 g/mol. The zero-order valence-corrected chi connectivity index (χ0v) is 14.3. The number of ether oxygens (including phenoxy) is 3. The third kappa shape index (κ3) is 5.09. The van der Waals surface area contributed by atoms with E-state index in [1.165, 1.54) is 0 Å². The van der Waals surface area contributed by atoms with E-state index in [1.807, 2.05) is 30.3 Å². The third-order valence-electron chi connectivity index (χ3n) is 4.44. The van der Waals surface area contributed by atoms with Crippen LogP contribution < -0.4 is 0 Å². The van der Waals surface area contributed by atoms with Crippen molar-refractivity contribution in [2.24, 2.45) is 0 Å². The van der Waals surface area contributed by atoms with Gasteiger partial charge in [-0.25, -0.2) is 9.59 Å². The van der Waals surface area contributed by atoms with Gasteiger partial charge in [0.2, 0.25) is 0 Å². The van der Waals surface area contributed by atoms with Crippen molar-refractivity contribution < 1.29 is 23.8 Å². The molecule has 2 saturated heterocycles. The number of likely N-dealkylation sites (tertiary alicyclic amines) is 1. The minimum atomic E-state index is -0.318. The van der Waals surface area contributed by atoms with Gasteiger partial charge in [-0.05, 0) is 5.56 Å². The van der Waals surface area contributed by atoms with Gasteiger partial charge in [-0.3, -0.25) is 0 Å². The van der Waals surface area contributed by atoms with Crippen LogP contribution in [0.25, 0.3) is 0 Å². The second kappa shape index (κ2) is 8.71. The maximum Gasteiger partial charge on any atom is 0.410 e. The smallest absolute Gasteiger partial charge is 0.410 e. The molecular formula is C18H24N2O5. The minimum Gasteiger partial charge on any atom is -0.446 e. The summed E-state index contributed by atoms with van der Waals surface area (Å²) in [5.41, 5.74) is 0.963. The van der Waals surface area contributed by atoms with Crippen molar-refractivity contribution >= 4 is 12.2 Å². The first-order chi connectivity index (χ1) is 12.2. The van der Waals surface area contributed by atoms with Crippen molar-refractivity contribution in [2.75, 3.05) is 39.4 Å². The zero-order chi connectivity index (χ0) is 17.5. The molecule has 0 N–H and O–H groups in total. The second-order valence-corrected chi connectivity index (χ2v) is 6.21. The summed E-state index contributed by atoms with van der Waals surface area (Å²) in [6.45, 7) is 3.60. The highest BCUT2D eigenvalue weighted by Gasteiger charge is 2.28. The van der Waals surface area contributed by atoms with Crippen LogP contribution in [0.4, 0.5) is 9.59 Å². The number of rotatable bonds is 3. The van der Waals surface area contributed by atoms with Gasteiger partial charge in [0.05, 0.1) is 13.2 Å². The molecule has 7 nitrogen and oxygen atoms in total. The average Bonchev–Trinajstić information content (AvgIpc) is 2.68. The first-order valence-corrected chi connectivity index (χ1v) is 8.71. The number of hydrogen-bond donors (Lipinski definition) is 0. The maximum absolute atomic E-state index is 12.1. The van der Waals surface area contributed by atoms with E-state index in [0.717, 1.165) is 5.56 Å². The second-order valence-electron chi connectivity index (χ2n) is 6.21. The standard InChI is InChI=1S/C18H24N2O5/c21-17(24-14-15-4-2-1-3-5-15)19-8-6-16(7-9-19)25-18(22)20-10-12-23-13-11-20/h1-5,16H,6-14H2. The molecule has 0 unspecified atom stereocenters. The summed E-state index contributed by atoms with van der Waals surface area (Å²) < 4.78 is 16.1. The van der Waals surface area contributed by atoms with Gasteiger partial charge in [0.1, 0.15) is 12.7 Å². The van der Waals surface area contributed by atoms with Gasteiger partial charge in [0.15, 0.2) is 0 Å². The van der Waals surface area contributed by atoms with Gasteiger partial charge < -0.3 is 24.0 Å². The Morgan fingerprint density at radius 2 is 1.60 bits per heavy atom. The SMILES string of the molecule is O=C(OCc1ccccc1)N1CCC(OC(=O)N2CCOCC2)CC1. The lowest BCUT2D eigenvalue weighted by molar-refractivity contribution is -0.00233. The Morgan fingerprint density at radius 1 is 0.960 bits per heavy atom. The van der Waals surface area contributed by atoms with Gasteiger partial charge in [0, 0.05) is 39.0 Å². The van der Waals surface area contributed by atoms with E-state index in [1.54, 1.807) is 9.80 Å². The molecule has 0 aromatic heterocycles. The van der Waals surface area contributed by atoms with Crippen molar-refractivity contribution in [3.63, 3.8) is 0 Å². The normalized spacial score (nSPS) is 18.7. The largest absolute Gasteiger partial charge is 0.446 e. The summed E-state index contributed by atoms with van der Waals surface area (Å²) in [5, 5.41) is 0. The van der Waals surface area contributed by atoms with Crippen LogP contribution in [0.15, 0.2) is 30.3 Å². The van der Waals surface area contributed by atoms with Gasteiger partial charge in [0.25, 0.3) is 0 Å². The molecule has 0 atom stereocenters. The highest BCUT2D eigenvalue weighted by molar-refractivity contribution is 5.68. The van der Waals surface area contributed by atoms with Crippen molar-refractivity contribution in [1.29, 1.82) is 0 Å². The van der Waals surface area contributed by atoms with Crippen molar-refractivity contribution in [3.05, 3.63) is 35.9 Å². The fourth-order valence-corrected chi connectivity index (χ4v) is 2.93. The van der Waals surface area contributed by atoms with Crippen LogP contribution in [0.1, 0.15) is 18.4 Å². The number of nitrogens with zero attached hydrogens (tertiary/aromatic N) is 2. The monoisotopic (exact) mass is 348 g/mol. The number of amides is 2. The number of piperidine rings is 1. The Kier molecular flexibility index (Phi) is 6.11. The molecule has 0 spiro atoms. The summed E-state index contributed by atoms with van der Waals surface area (Å²) in [6, 6.07) is 9.60. The molecule has 7 heteroatoms. The zero-order valence-electron chi connectivity index (χ0n) is 14.3. The van der Waals surface area contributed by atoms with Crippen LogP contribution in [-0.2, 0) is 20.8 Å². The van der Waals surface area contributed by atoms with Crippen LogP contribution in [0.3, 0.4) is 0 Å². The maximum atomic E-state index is 12.1. The molecule has 0 radical (unpaired) electrons. The van der Waals surface area contributed by atoms with E-state index in [0.29, 0.717) is 52.2 Å². The molecule has 2 aliphatic rings. The van der Waals surface area contributed by atoms with Gasteiger partial charge in [-0.1, -0.05) is 30.3 Å². The van der Waals surface area contributed by atoms with E-state index in [-0.39, 0.29) is 24.9 Å². The minimum absolute atomic E-state index is 0.145. The topological polar surface area (TPSA) is 68.3 Å². The molecule has 3 rings (SSSR count). The first kappa shape index (κ1) is 17.5. The number of carbonyl (C=O) groups is 2. The Hall–Kier alpha value is -2.28. The average molecular weight is 348 g/mol. The van der Waals surface area contributed by atoms with Gasteiger partial charge in [-0.15, -0.1) is 0 Å². The molecule has 2 fully saturated rings. The van der Waals surface area contributed by atoms with Crippen LogP contribution in [0, 0.1) is 0 Å². The van der Waals surface area contributed by atoms with E-state index < -0.39 is 0 Å². The molecule has 0 bridgehead atoms. The van der Waals surface area contributed by atoms with Crippen LogP contribution in [0.5, 0.6) is 0 Å². The van der Waals surface area contributed by atoms with Crippen molar-refractivity contribution in [1.82, 2.24) is 9.80 Å². The quantitative estimate of drug-likeness (QED) is 0.838. The van der Waals surface area contributed by atoms with Crippen LogP contribution >= 0.6 is 0 Å². The molecule has 2 heterocycles. The lowest BCUT2D eigenvalue weighted by Crippen LogP contribution is -2.45. The van der Waals surface area contributed by atoms with Crippen LogP contribution in [0.2, 0.25) is 0 Å². The molecule has 136 valence electrons. The van der Waals surface area contributed by atoms with E-state index in [2.05, 4.69) is 0 Å². The lowest BCUT2D eigenvalue weighted by atomic mass is 10.1. The van der Waals surface area contributed by atoms with Crippen molar-refractivity contribution in [3.8, 4) is 0 Å².